The summed E-state index contributed by atoms with van der Waals surface area (Å²) < 4.78 is 53.8. The summed E-state index contributed by atoms with van der Waals surface area (Å²) in [6.45, 7) is 3.66. The predicted octanol–water partition coefficient (Wildman–Crippen LogP) is 7.67. The van der Waals surface area contributed by atoms with Crippen LogP contribution in [-0.4, -0.2) is 96.0 Å². The third-order valence-corrected chi connectivity index (χ3v) is 10.3. The summed E-state index contributed by atoms with van der Waals surface area (Å²) in [4.78, 5) is 25.2. The highest BCUT2D eigenvalue weighted by Gasteiger charge is 2.46. The zero-order valence-electron chi connectivity index (χ0n) is 33.3. The summed E-state index contributed by atoms with van der Waals surface area (Å²) in [5, 5.41) is 30.7. The standard InChI is InChI=1S/C41H74O12S/c1-3-5-7-9-11-12-13-14-15-16-17-18-19-20-21-22-24-25-27-29-36(42)50-31-34(52-37(43)30-28-26-23-10-8-6-4-2)32-51-41-40(46)39(45)38(44)35(53-41)33-54(47,48)49/h11-12,14-15,34-35,38-41,44-46H,3-10,13,16-33H2,1-2H3,(H,47,48,49)/b12-11+,15-14+/t34-,35+,38+,39?,40?,41-/m1/s1. The molecule has 1 rings (SSSR count). The van der Waals surface area contributed by atoms with Crippen LogP contribution in [0.1, 0.15) is 168 Å². The van der Waals surface area contributed by atoms with Gasteiger partial charge in [0.25, 0.3) is 10.1 Å². The van der Waals surface area contributed by atoms with Crippen LogP contribution < -0.4 is 0 Å². The highest BCUT2D eigenvalue weighted by atomic mass is 32.2. The van der Waals surface area contributed by atoms with Gasteiger partial charge in [0.05, 0.1) is 6.61 Å². The molecular weight excluding hydrogens is 717 g/mol. The van der Waals surface area contributed by atoms with Crippen LogP contribution in [0, 0.1) is 0 Å². The molecule has 54 heavy (non-hydrogen) atoms. The summed E-state index contributed by atoms with van der Waals surface area (Å²) in [6.07, 6.45) is 24.0. The Hall–Kier alpha value is -1.87. The molecule has 2 unspecified atom stereocenters. The van der Waals surface area contributed by atoms with Crippen molar-refractivity contribution in [3.8, 4) is 0 Å². The summed E-state index contributed by atoms with van der Waals surface area (Å²) >= 11 is 0. The van der Waals surface area contributed by atoms with Gasteiger partial charge in [-0.2, -0.15) is 8.42 Å². The van der Waals surface area contributed by atoms with Gasteiger partial charge in [0.2, 0.25) is 0 Å². The van der Waals surface area contributed by atoms with Crippen molar-refractivity contribution in [3.05, 3.63) is 24.3 Å². The van der Waals surface area contributed by atoms with E-state index in [1.165, 1.54) is 64.2 Å². The molecule has 0 saturated carbocycles. The van der Waals surface area contributed by atoms with Gasteiger partial charge >= 0.3 is 11.9 Å². The van der Waals surface area contributed by atoms with E-state index in [1.807, 2.05) is 0 Å². The van der Waals surface area contributed by atoms with Crippen molar-refractivity contribution in [1.29, 1.82) is 0 Å². The first kappa shape index (κ1) is 50.1. The minimum absolute atomic E-state index is 0.164. The fraction of sp³-hybridized carbons (Fsp3) is 0.854. The van der Waals surface area contributed by atoms with Gasteiger partial charge in [-0.15, -0.1) is 0 Å². The van der Waals surface area contributed by atoms with Crippen molar-refractivity contribution in [3.63, 3.8) is 0 Å². The zero-order chi connectivity index (χ0) is 39.9. The Morgan fingerprint density at radius 1 is 0.630 bits per heavy atom. The summed E-state index contributed by atoms with van der Waals surface area (Å²) in [5.41, 5.74) is 0. The molecule has 0 bridgehead atoms. The summed E-state index contributed by atoms with van der Waals surface area (Å²) in [6, 6.07) is 0. The number of ether oxygens (including phenoxy) is 4. The second kappa shape index (κ2) is 32.2. The Bertz CT molecular complexity index is 1110. The number of aliphatic hydroxyl groups excluding tert-OH is 3. The summed E-state index contributed by atoms with van der Waals surface area (Å²) in [5.74, 6) is -1.99. The molecular formula is C41H74O12S. The lowest BCUT2D eigenvalue weighted by Crippen LogP contribution is -2.60. The second-order valence-electron chi connectivity index (χ2n) is 14.7. The lowest BCUT2D eigenvalue weighted by atomic mass is 10.00. The van der Waals surface area contributed by atoms with Crippen molar-refractivity contribution in [1.82, 2.24) is 0 Å². The molecule has 0 aromatic rings. The van der Waals surface area contributed by atoms with E-state index < -0.39 is 71.2 Å². The highest BCUT2D eigenvalue weighted by Crippen LogP contribution is 2.24. The Morgan fingerprint density at radius 3 is 1.67 bits per heavy atom. The minimum Gasteiger partial charge on any atom is -0.462 e. The number of hydrogen-bond acceptors (Lipinski definition) is 11. The van der Waals surface area contributed by atoms with E-state index in [1.54, 1.807) is 0 Å². The van der Waals surface area contributed by atoms with Crippen LogP contribution in [0.3, 0.4) is 0 Å². The average Bonchev–Trinajstić information content (AvgIpc) is 3.13. The molecule has 1 aliphatic heterocycles. The van der Waals surface area contributed by atoms with Gasteiger partial charge in [0, 0.05) is 12.8 Å². The maximum absolute atomic E-state index is 12.6. The number of carbonyl (C=O) groups is 2. The molecule has 4 N–H and O–H groups in total. The first-order chi connectivity index (χ1) is 26.0. The van der Waals surface area contributed by atoms with Gasteiger partial charge in [0.1, 0.15) is 36.8 Å². The number of esters is 2. The van der Waals surface area contributed by atoms with Crippen molar-refractivity contribution < 1.29 is 56.8 Å². The van der Waals surface area contributed by atoms with Crippen LogP contribution in [0.25, 0.3) is 0 Å². The maximum atomic E-state index is 12.6. The maximum Gasteiger partial charge on any atom is 0.306 e. The Morgan fingerprint density at radius 2 is 1.11 bits per heavy atom. The Kier molecular flexibility index (Phi) is 29.9. The van der Waals surface area contributed by atoms with Crippen molar-refractivity contribution >= 4 is 22.1 Å². The van der Waals surface area contributed by atoms with Gasteiger partial charge in [-0.1, -0.05) is 134 Å². The molecule has 0 aliphatic carbocycles. The lowest BCUT2D eigenvalue weighted by Gasteiger charge is -2.40. The van der Waals surface area contributed by atoms with Crippen molar-refractivity contribution in [2.45, 2.75) is 205 Å². The Balaban J connectivity index is 2.38. The molecule has 1 saturated heterocycles. The van der Waals surface area contributed by atoms with Gasteiger partial charge in [0.15, 0.2) is 12.4 Å². The average molecular weight is 791 g/mol. The molecule has 13 heteroatoms. The largest absolute Gasteiger partial charge is 0.462 e. The molecule has 1 heterocycles. The quantitative estimate of drug-likeness (QED) is 0.0216. The van der Waals surface area contributed by atoms with Crippen molar-refractivity contribution in [2.75, 3.05) is 19.0 Å². The van der Waals surface area contributed by atoms with E-state index in [2.05, 4.69) is 38.2 Å². The molecule has 6 atom stereocenters. The number of carbonyl (C=O) groups excluding carboxylic acids is 2. The monoisotopic (exact) mass is 790 g/mol. The number of aliphatic hydroxyl groups is 3. The van der Waals surface area contributed by atoms with E-state index in [0.29, 0.717) is 12.8 Å². The smallest absolute Gasteiger partial charge is 0.306 e. The number of unbranched alkanes of at least 4 members (excludes halogenated alkanes) is 18. The molecule has 0 amide bonds. The fourth-order valence-electron chi connectivity index (χ4n) is 6.24. The van der Waals surface area contributed by atoms with Crippen LogP contribution in [0.4, 0.5) is 0 Å². The third-order valence-electron chi connectivity index (χ3n) is 9.53. The Labute approximate surface area is 326 Å². The number of allylic oxidation sites excluding steroid dienone is 4. The fourth-order valence-corrected chi connectivity index (χ4v) is 6.93. The normalized spacial score (nSPS) is 21.2. The number of rotatable bonds is 34. The lowest BCUT2D eigenvalue weighted by molar-refractivity contribution is -0.297. The van der Waals surface area contributed by atoms with Gasteiger partial charge < -0.3 is 34.3 Å². The van der Waals surface area contributed by atoms with E-state index in [4.69, 9.17) is 18.9 Å². The highest BCUT2D eigenvalue weighted by molar-refractivity contribution is 7.85. The van der Waals surface area contributed by atoms with E-state index in [0.717, 1.165) is 64.2 Å². The minimum atomic E-state index is -4.59. The van der Waals surface area contributed by atoms with Crippen molar-refractivity contribution in [2.24, 2.45) is 0 Å². The van der Waals surface area contributed by atoms with Crippen LogP contribution in [0.2, 0.25) is 0 Å². The molecule has 0 aromatic carbocycles. The topological polar surface area (TPSA) is 186 Å². The van der Waals surface area contributed by atoms with Gasteiger partial charge in [-0.25, -0.2) is 0 Å². The SMILES string of the molecule is CCCCC/C=C/C/C=C/CCCCCCCCCCCC(=O)OC[C@H](CO[C@@H]1O[C@@H](CS(=O)(=O)O)[C@H](O)C(O)C1O)OC(=O)CCCCCCCCC. The molecule has 1 fully saturated rings. The zero-order valence-corrected chi connectivity index (χ0v) is 34.1. The molecule has 0 radical (unpaired) electrons. The molecule has 1 aliphatic rings. The number of hydrogen-bond donors (Lipinski definition) is 4. The summed E-state index contributed by atoms with van der Waals surface area (Å²) in [7, 11) is -4.59. The molecule has 316 valence electrons. The first-order valence-electron chi connectivity index (χ1n) is 20.9. The molecule has 12 nitrogen and oxygen atoms in total. The predicted molar refractivity (Wildman–Crippen MR) is 210 cm³/mol. The van der Waals surface area contributed by atoms with Gasteiger partial charge in [-0.05, 0) is 44.9 Å². The van der Waals surface area contributed by atoms with Crippen LogP contribution >= 0.6 is 0 Å². The van der Waals surface area contributed by atoms with Crippen LogP contribution in [0.5, 0.6) is 0 Å². The van der Waals surface area contributed by atoms with Crippen LogP contribution in [-0.2, 0) is 38.7 Å². The molecule has 0 spiro atoms. The van der Waals surface area contributed by atoms with E-state index in [-0.39, 0.29) is 19.4 Å². The first-order valence-corrected chi connectivity index (χ1v) is 22.5. The molecule has 0 aromatic heterocycles. The third kappa shape index (κ3) is 26.9. The van der Waals surface area contributed by atoms with Crippen LogP contribution in [0.15, 0.2) is 24.3 Å². The van der Waals surface area contributed by atoms with E-state index >= 15 is 0 Å². The second-order valence-corrected chi connectivity index (χ2v) is 16.2. The van der Waals surface area contributed by atoms with E-state index in [9.17, 15) is 37.9 Å². The van der Waals surface area contributed by atoms with Gasteiger partial charge in [-0.3, -0.25) is 14.1 Å².